The highest BCUT2D eigenvalue weighted by Gasteiger charge is 2.16. The van der Waals surface area contributed by atoms with E-state index in [0.29, 0.717) is 0 Å². The Kier molecular flexibility index (Phi) is 3.57. The van der Waals surface area contributed by atoms with Gasteiger partial charge in [0.2, 0.25) is 5.95 Å². The van der Waals surface area contributed by atoms with Crippen LogP contribution in [0, 0.1) is 12.9 Å². The van der Waals surface area contributed by atoms with Crippen LogP contribution in [0.1, 0.15) is 25.6 Å². The summed E-state index contributed by atoms with van der Waals surface area (Å²) in [6, 6.07) is 3.82. The van der Waals surface area contributed by atoms with Crippen molar-refractivity contribution in [3.63, 3.8) is 0 Å². The molecule has 0 radical (unpaired) electrons. The Bertz CT molecular complexity index is 637. The number of carbonyl (C=O) groups is 2. The van der Waals surface area contributed by atoms with E-state index >= 15 is 0 Å². The highest BCUT2D eigenvalue weighted by molar-refractivity contribution is 7.16. The predicted octanol–water partition coefficient (Wildman–Crippen LogP) is 2.54. The summed E-state index contributed by atoms with van der Waals surface area (Å²) in [5.41, 5.74) is 0.190. The van der Waals surface area contributed by atoms with Crippen LogP contribution >= 0.6 is 11.3 Å². The molecule has 0 spiro atoms. The number of hydrogen-bond acceptors (Lipinski definition) is 4. The molecule has 0 aliphatic carbocycles. The second-order valence-corrected chi connectivity index (χ2v) is 4.99. The van der Waals surface area contributed by atoms with Gasteiger partial charge in [0.25, 0.3) is 5.91 Å². The number of carboxylic acid groups (broad SMARTS) is 1. The summed E-state index contributed by atoms with van der Waals surface area (Å²) in [6.45, 7) is 1.74. The molecule has 2 aromatic heterocycles. The number of carboxylic acids is 1. The molecule has 2 aromatic rings. The van der Waals surface area contributed by atoms with Crippen LogP contribution in [0.25, 0.3) is 0 Å². The number of nitrogens with one attached hydrogen (secondary N) is 1. The maximum absolute atomic E-state index is 12.6. The zero-order valence-corrected chi connectivity index (χ0v) is 10.6. The average Bonchev–Trinajstić information content (AvgIpc) is 2.71. The molecule has 98 valence electrons. The largest absolute Gasteiger partial charge is 0.478 e. The molecule has 0 aliphatic heterocycles. The van der Waals surface area contributed by atoms with Gasteiger partial charge in [-0.05, 0) is 25.1 Å². The second-order valence-electron chi connectivity index (χ2n) is 3.73. The summed E-state index contributed by atoms with van der Waals surface area (Å²) in [7, 11) is 0. The summed E-state index contributed by atoms with van der Waals surface area (Å²) in [6.07, 6.45) is 1.09. The summed E-state index contributed by atoms with van der Waals surface area (Å²) in [5.74, 6) is -2.33. The first-order valence-electron chi connectivity index (χ1n) is 5.24. The van der Waals surface area contributed by atoms with E-state index in [0.717, 1.165) is 28.5 Å². The number of carbonyl (C=O) groups excluding carboxylic acids is 1. The number of aryl methyl sites for hydroxylation is 1. The molecular weight excluding hydrogens is 271 g/mol. The van der Waals surface area contributed by atoms with Crippen LogP contribution in [0.2, 0.25) is 0 Å². The normalized spacial score (nSPS) is 10.2. The van der Waals surface area contributed by atoms with Crippen molar-refractivity contribution in [2.75, 3.05) is 5.32 Å². The lowest BCUT2D eigenvalue weighted by atomic mass is 10.2. The molecule has 0 fully saturated rings. The average molecular weight is 280 g/mol. The van der Waals surface area contributed by atoms with E-state index in [1.807, 2.05) is 0 Å². The Morgan fingerprint density at radius 2 is 2.16 bits per heavy atom. The van der Waals surface area contributed by atoms with E-state index in [1.165, 1.54) is 12.1 Å². The number of anilines is 1. The van der Waals surface area contributed by atoms with Crippen LogP contribution in [0.4, 0.5) is 9.39 Å². The van der Waals surface area contributed by atoms with Crippen molar-refractivity contribution >= 4 is 28.2 Å². The van der Waals surface area contributed by atoms with Crippen molar-refractivity contribution in [1.82, 2.24) is 4.98 Å². The third kappa shape index (κ3) is 2.94. The third-order valence-electron chi connectivity index (χ3n) is 2.30. The Morgan fingerprint density at radius 1 is 1.42 bits per heavy atom. The summed E-state index contributed by atoms with van der Waals surface area (Å²) in [5, 5.41) is 11.7. The number of amides is 1. The highest BCUT2D eigenvalue weighted by Crippen LogP contribution is 2.27. The molecule has 0 unspecified atom stereocenters. The number of aromatic carboxylic acids is 1. The van der Waals surface area contributed by atoms with Crippen LogP contribution < -0.4 is 5.32 Å². The zero-order valence-electron chi connectivity index (χ0n) is 9.81. The summed E-state index contributed by atoms with van der Waals surface area (Å²) < 4.78 is 12.6. The van der Waals surface area contributed by atoms with Gasteiger partial charge in [0, 0.05) is 11.1 Å². The molecule has 2 rings (SSSR count). The van der Waals surface area contributed by atoms with Crippen LogP contribution in [-0.2, 0) is 0 Å². The van der Waals surface area contributed by atoms with E-state index in [4.69, 9.17) is 5.11 Å². The van der Waals surface area contributed by atoms with Gasteiger partial charge in [0.15, 0.2) is 0 Å². The molecule has 2 N–H and O–H groups in total. The summed E-state index contributed by atoms with van der Waals surface area (Å²) in [4.78, 5) is 27.0. The van der Waals surface area contributed by atoms with Crippen LogP contribution in [0.5, 0.6) is 0 Å². The van der Waals surface area contributed by atoms with E-state index in [2.05, 4.69) is 10.3 Å². The van der Waals surface area contributed by atoms with Gasteiger partial charge in [-0.1, -0.05) is 0 Å². The van der Waals surface area contributed by atoms with Gasteiger partial charge in [-0.3, -0.25) is 4.79 Å². The number of aromatic nitrogens is 1. The van der Waals surface area contributed by atoms with Crippen LogP contribution in [0.15, 0.2) is 24.4 Å². The van der Waals surface area contributed by atoms with Gasteiger partial charge in [-0.2, -0.15) is 4.39 Å². The monoisotopic (exact) mass is 280 g/mol. The number of halogens is 1. The van der Waals surface area contributed by atoms with Crippen molar-refractivity contribution in [3.05, 3.63) is 46.3 Å². The Morgan fingerprint density at radius 3 is 2.74 bits per heavy atom. The Labute approximate surface area is 111 Å². The van der Waals surface area contributed by atoms with Gasteiger partial charge in [0.1, 0.15) is 5.00 Å². The van der Waals surface area contributed by atoms with Gasteiger partial charge in [0.05, 0.1) is 11.1 Å². The molecule has 5 nitrogen and oxygen atoms in total. The molecule has 7 heteroatoms. The smallest absolute Gasteiger partial charge is 0.338 e. The predicted molar refractivity (Wildman–Crippen MR) is 68.2 cm³/mol. The minimum Gasteiger partial charge on any atom is -0.478 e. The maximum atomic E-state index is 12.6. The molecule has 0 saturated heterocycles. The molecule has 19 heavy (non-hydrogen) atoms. The topological polar surface area (TPSA) is 79.3 Å². The number of rotatable bonds is 3. The van der Waals surface area contributed by atoms with Crippen molar-refractivity contribution in [3.8, 4) is 0 Å². The first-order valence-corrected chi connectivity index (χ1v) is 6.05. The lowest BCUT2D eigenvalue weighted by molar-refractivity contribution is 0.0698. The quantitative estimate of drug-likeness (QED) is 0.847. The van der Waals surface area contributed by atoms with Gasteiger partial charge >= 0.3 is 5.97 Å². The number of thiophene rings is 1. The molecule has 0 aliphatic rings. The molecule has 1 amide bonds. The number of hydrogen-bond donors (Lipinski definition) is 2. The first-order chi connectivity index (χ1) is 8.97. The third-order valence-corrected chi connectivity index (χ3v) is 3.27. The van der Waals surface area contributed by atoms with Crippen molar-refractivity contribution in [1.29, 1.82) is 0 Å². The fourth-order valence-corrected chi connectivity index (χ4v) is 2.35. The highest BCUT2D eigenvalue weighted by atomic mass is 32.1. The lowest BCUT2D eigenvalue weighted by Gasteiger charge is -2.03. The standard InChI is InChI=1S/C12H9FN2O3S/c1-6-4-8(12(17)18)11(19-6)15-10(16)7-2-3-9(13)14-5-7/h2-5H,1H3,(H,15,16)(H,17,18). The van der Waals surface area contributed by atoms with E-state index in [-0.39, 0.29) is 16.1 Å². The molecule has 0 atom stereocenters. The zero-order chi connectivity index (χ0) is 14.0. The maximum Gasteiger partial charge on any atom is 0.338 e. The van der Waals surface area contributed by atoms with Crippen molar-refractivity contribution in [2.45, 2.75) is 6.92 Å². The Hall–Kier alpha value is -2.28. The van der Waals surface area contributed by atoms with Gasteiger partial charge in [-0.15, -0.1) is 11.3 Å². The van der Waals surface area contributed by atoms with Crippen LogP contribution in [-0.4, -0.2) is 22.0 Å². The van der Waals surface area contributed by atoms with E-state index in [1.54, 1.807) is 6.92 Å². The van der Waals surface area contributed by atoms with Gasteiger partial charge in [-0.25, -0.2) is 9.78 Å². The van der Waals surface area contributed by atoms with E-state index in [9.17, 15) is 14.0 Å². The molecule has 2 heterocycles. The fourth-order valence-electron chi connectivity index (χ4n) is 1.45. The van der Waals surface area contributed by atoms with Crippen molar-refractivity contribution < 1.29 is 19.1 Å². The Balaban J connectivity index is 2.24. The fraction of sp³-hybridized carbons (Fsp3) is 0.0833. The summed E-state index contributed by atoms with van der Waals surface area (Å²) >= 11 is 1.16. The molecular formula is C12H9FN2O3S. The minimum atomic E-state index is -1.11. The van der Waals surface area contributed by atoms with Crippen LogP contribution in [0.3, 0.4) is 0 Å². The molecule has 0 aromatic carbocycles. The molecule has 0 saturated carbocycles. The van der Waals surface area contributed by atoms with E-state index < -0.39 is 17.8 Å². The van der Waals surface area contributed by atoms with Gasteiger partial charge < -0.3 is 10.4 Å². The van der Waals surface area contributed by atoms with Crippen molar-refractivity contribution in [2.24, 2.45) is 0 Å². The first kappa shape index (κ1) is 13.2. The second kappa shape index (κ2) is 5.15. The minimum absolute atomic E-state index is 0.0333. The lowest BCUT2D eigenvalue weighted by Crippen LogP contribution is -2.13. The number of nitrogens with zero attached hydrogens (tertiary/aromatic N) is 1. The number of pyridine rings is 1. The molecule has 0 bridgehead atoms. The SMILES string of the molecule is Cc1cc(C(=O)O)c(NC(=O)c2ccc(F)nc2)s1.